The summed E-state index contributed by atoms with van der Waals surface area (Å²) in [7, 11) is 2.24. The van der Waals surface area contributed by atoms with Gasteiger partial charge in [0.15, 0.2) is 11.0 Å². The fourth-order valence-electron chi connectivity index (χ4n) is 13.2. The number of para-hydroxylation sites is 1. The molecular formula is C67H64BN4+. The molecule has 8 aromatic carbocycles. The van der Waals surface area contributed by atoms with E-state index in [0.717, 1.165) is 0 Å². The van der Waals surface area contributed by atoms with Gasteiger partial charge in [0.2, 0.25) is 0 Å². The Bertz CT molecular complexity index is 4260. The van der Waals surface area contributed by atoms with Crippen molar-refractivity contribution in [1.29, 1.82) is 0 Å². The zero-order chi connectivity index (χ0) is 50.0. The lowest BCUT2D eigenvalue weighted by atomic mass is 9.34. The summed E-state index contributed by atoms with van der Waals surface area (Å²) in [5.74, 6) is 0. The van der Waals surface area contributed by atoms with Crippen LogP contribution in [-0.2, 0) is 28.7 Å². The lowest BCUT2D eigenvalue weighted by molar-refractivity contribution is -0.617. The van der Waals surface area contributed by atoms with Gasteiger partial charge in [0.25, 0.3) is 12.4 Å². The van der Waals surface area contributed by atoms with Crippen LogP contribution in [0, 0.1) is 6.92 Å². The predicted octanol–water partition coefficient (Wildman–Crippen LogP) is 14.7. The highest BCUT2D eigenvalue weighted by Gasteiger charge is 2.43. The van der Waals surface area contributed by atoms with Gasteiger partial charge in [-0.15, -0.1) is 0 Å². The molecule has 0 fully saturated rings. The molecule has 0 saturated carbocycles. The molecular weight excluding hydrogens is 872 g/mol. The molecule has 354 valence electrons. The Kier molecular flexibility index (Phi) is 8.42. The lowest BCUT2D eigenvalue weighted by Crippen LogP contribution is -2.59. The number of hydrogen-bond donors (Lipinski definition) is 0. The summed E-state index contributed by atoms with van der Waals surface area (Å²) in [5.41, 5.74) is 25.9. The van der Waals surface area contributed by atoms with Crippen molar-refractivity contribution < 1.29 is 4.57 Å². The molecule has 4 nitrogen and oxygen atoms in total. The van der Waals surface area contributed by atoms with Crippen LogP contribution in [0.2, 0.25) is 0 Å². The first-order valence-electron chi connectivity index (χ1n) is 26.3. The van der Waals surface area contributed by atoms with E-state index in [1.807, 2.05) is 0 Å². The van der Waals surface area contributed by atoms with E-state index in [4.69, 9.17) is 0 Å². The first-order chi connectivity index (χ1) is 34.1. The van der Waals surface area contributed by atoms with Crippen molar-refractivity contribution in [2.75, 3.05) is 0 Å². The maximum atomic E-state index is 2.67. The van der Waals surface area contributed by atoms with E-state index in [9.17, 15) is 0 Å². The summed E-state index contributed by atoms with van der Waals surface area (Å²) in [6.07, 6.45) is 0. The summed E-state index contributed by atoms with van der Waals surface area (Å²) in [4.78, 5) is 0. The molecule has 0 saturated heterocycles. The number of rotatable bonds is 1. The molecule has 6 heterocycles. The number of benzene rings is 8. The number of aromatic nitrogens is 4. The quantitative estimate of drug-likeness (QED) is 0.0887. The van der Waals surface area contributed by atoms with Gasteiger partial charge in [-0.2, -0.15) is 4.40 Å². The van der Waals surface area contributed by atoms with E-state index in [2.05, 4.69) is 249 Å². The van der Waals surface area contributed by atoms with Crippen LogP contribution in [0.5, 0.6) is 0 Å². The van der Waals surface area contributed by atoms with Crippen molar-refractivity contribution in [3.8, 4) is 22.5 Å². The Morgan fingerprint density at radius 1 is 0.417 bits per heavy atom. The molecule has 0 atom stereocenters. The van der Waals surface area contributed by atoms with Crippen molar-refractivity contribution in [3.05, 3.63) is 161 Å². The smallest absolute Gasteiger partial charge is 0.295 e. The van der Waals surface area contributed by atoms with Gasteiger partial charge in [-0.3, -0.25) is 0 Å². The van der Waals surface area contributed by atoms with E-state index < -0.39 is 0 Å². The highest BCUT2D eigenvalue weighted by Crippen LogP contribution is 2.45. The predicted molar refractivity (Wildman–Crippen MR) is 309 cm³/mol. The molecule has 72 heavy (non-hydrogen) atoms. The number of pyridine rings is 1. The average Bonchev–Trinajstić information content (AvgIpc) is 3.95. The zero-order valence-corrected chi connectivity index (χ0v) is 44.6. The van der Waals surface area contributed by atoms with E-state index >= 15 is 0 Å². The second kappa shape index (κ2) is 13.9. The lowest BCUT2D eigenvalue weighted by Gasteiger charge is -2.36. The molecule has 12 aromatic rings. The largest absolute Gasteiger partial charge is 0.310 e. The Hall–Kier alpha value is -7.11. The van der Waals surface area contributed by atoms with Crippen LogP contribution in [0.3, 0.4) is 0 Å². The van der Waals surface area contributed by atoms with Gasteiger partial charge in [0, 0.05) is 54.7 Å². The van der Waals surface area contributed by atoms with Gasteiger partial charge >= 0.3 is 0 Å². The van der Waals surface area contributed by atoms with Crippen LogP contribution in [0.1, 0.15) is 111 Å². The molecule has 0 unspecified atom stereocenters. The van der Waals surface area contributed by atoms with Gasteiger partial charge < -0.3 is 9.13 Å². The Balaban J connectivity index is 1.17. The Morgan fingerprint density at radius 3 is 1.47 bits per heavy atom. The summed E-state index contributed by atoms with van der Waals surface area (Å²) in [6, 6.07) is 53.0. The maximum absolute atomic E-state index is 2.67. The number of aryl methyl sites for hydroxylation is 2. The van der Waals surface area contributed by atoms with E-state index in [-0.39, 0.29) is 28.4 Å². The second-order valence-corrected chi connectivity index (χ2v) is 25.9. The van der Waals surface area contributed by atoms with Gasteiger partial charge in [0.05, 0.1) is 23.5 Å². The summed E-state index contributed by atoms with van der Waals surface area (Å²) < 4.78 is 10.3. The zero-order valence-electron chi connectivity index (χ0n) is 44.6. The molecule has 14 rings (SSSR count). The van der Waals surface area contributed by atoms with Crippen molar-refractivity contribution in [3.63, 3.8) is 0 Å². The summed E-state index contributed by atoms with van der Waals surface area (Å²) in [5, 5.41) is 9.24. The molecule has 0 amide bonds. The van der Waals surface area contributed by atoms with Gasteiger partial charge in [0.1, 0.15) is 5.52 Å². The third-order valence-corrected chi connectivity index (χ3v) is 17.1. The molecule has 2 aliphatic heterocycles. The minimum absolute atomic E-state index is 0.00197. The first-order valence-corrected chi connectivity index (χ1v) is 26.3. The molecule has 2 aliphatic rings. The highest BCUT2D eigenvalue weighted by atomic mass is 15.1. The number of nitrogens with zero attached hydrogens (tertiary/aromatic N) is 4. The molecule has 0 radical (unpaired) electrons. The summed E-state index contributed by atoms with van der Waals surface area (Å²) in [6.45, 7) is 30.7. The topological polar surface area (TPSA) is 18.1 Å². The van der Waals surface area contributed by atoms with Crippen LogP contribution in [0.15, 0.2) is 133 Å². The van der Waals surface area contributed by atoms with Gasteiger partial charge in [-0.25, -0.2) is 4.57 Å². The molecule has 4 aromatic heterocycles. The van der Waals surface area contributed by atoms with E-state index in [0.29, 0.717) is 0 Å². The molecule has 0 aliphatic carbocycles. The van der Waals surface area contributed by atoms with Crippen LogP contribution < -0.4 is 21.0 Å². The molecule has 5 heteroatoms. The third-order valence-electron chi connectivity index (χ3n) is 17.1. The Morgan fingerprint density at radius 2 is 0.931 bits per heavy atom. The van der Waals surface area contributed by atoms with Gasteiger partial charge in [-0.1, -0.05) is 144 Å². The minimum atomic E-state index is -0.0577. The number of fused-ring (bicyclic) bond motifs is 18. The van der Waals surface area contributed by atoms with Crippen LogP contribution in [0.4, 0.5) is 0 Å². The molecule has 0 N–H and O–H groups in total. The fourth-order valence-corrected chi connectivity index (χ4v) is 13.2. The second-order valence-electron chi connectivity index (χ2n) is 25.9. The van der Waals surface area contributed by atoms with Gasteiger partial charge in [-0.05, 0) is 157 Å². The fraction of sp³-hybridized carbons (Fsp3) is 0.269. The average molecular weight is 936 g/mol. The van der Waals surface area contributed by atoms with Crippen LogP contribution >= 0.6 is 0 Å². The number of imidazole rings is 1. The first kappa shape index (κ1) is 43.7. The minimum Gasteiger partial charge on any atom is -0.310 e. The number of hydrogen-bond acceptors (Lipinski definition) is 0. The standard InChI is InChI=1S/C67H64BN4/c1-37-18-17-20-45-44-19-15-16-21-52(44)72-56-28-38(22-25-55(56)69(14)63(72)59(37)45)39-29-57-60-58(30-39)71-54-27-24-41(65(5,6)7)32-47(54)49-34-43(67(11,12)13)36-51(62(49)71)68(60)50-35-42(66(8,9)10)33-48-46-31-40(64(2,3)4)23-26-53(46)70(57)61(48)50/h15-36H,1-14H3/q+1. The SMILES string of the molecule is Cc1cccc2c3ccccc3n3c4cc(-c5cc6c7c(c5)-n5c8ccc(C(C)(C)C)cc8c8cc(C(C)(C)C)cc(c85)B7c5cc(C(C)(C)C)cc7c8cc(C(C)(C)C)ccc8n-6c57)ccc4[n+](C)c3c12. The van der Waals surface area contributed by atoms with Crippen molar-refractivity contribution in [2.24, 2.45) is 7.05 Å². The van der Waals surface area contributed by atoms with Crippen molar-refractivity contribution >= 4 is 105 Å². The normalized spacial score (nSPS) is 13.9. The summed E-state index contributed by atoms with van der Waals surface area (Å²) >= 11 is 0. The maximum Gasteiger partial charge on any atom is 0.295 e. The van der Waals surface area contributed by atoms with E-state index in [1.54, 1.807) is 0 Å². The van der Waals surface area contributed by atoms with E-state index in [1.165, 1.54) is 149 Å². The van der Waals surface area contributed by atoms with Crippen LogP contribution in [0.25, 0.3) is 104 Å². The highest BCUT2D eigenvalue weighted by molar-refractivity contribution is 7.00. The monoisotopic (exact) mass is 936 g/mol. The third kappa shape index (κ3) is 5.74. The van der Waals surface area contributed by atoms with Crippen LogP contribution in [-0.4, -0.2) is 20.2 Å². The molecule has 0 spiro atoms. The van der Waals surface area contributed by atoms with Crippen molar-refractivity contribution in [2.45, 2.75) is 112 Å². The van der Waals surface area contributed by atoms with Crippen molar-refractivity contribution in [1.82, 2.24) is 13.5 Å². The Labute approximate surface area is 423 Å². The molecule has 0 bridgehead atoms.